The van der Waals surface area contributed by atoms with Gasteiger partial charge in [-0.1, -0.05) is 6.07 Å². The average molecular weight is 290 g/mol. The largest absolute Gasteiger partial charge is 0.508 e. The van der Waals surface area contributed by atoms with E-state index in [1.165, 1.54) is 30.3 Å². The Morgan fingerprint density at radius 2 is 1.95 bits per heavy atom. The highest BCUT2D eigenvalue weighted by Gasteiger charge is 2.09. The van der Waals surface area contributed by atoms with Crippen molar-refractivity contribution in [2.24, 2.45) is 0 Å². The van der Waals surface area contributed by atoms with E-state index in [1.807, 2.05) is 0 Å². The van der Waals surface area contributed by atoms with Crippen molar-refractivity contribution in [2.45, 2.75) is 13.2 Å². The number of hydrogen-bond acceptors (Lipinski definition) is 3. The highest BCUT2D eigenvalue weighted by atomic mass is 19.1. The first-order valence-corrected chi connectivity index (χ1v) is 6.32. The maximum absolute atomic E-state index is 13.0. The van der Waals surface area contributed by atoms with E-state index in [0.717, 1.165) is 0 Å². The Hall–Kier alpha value is -2.76. The SMILES string of the molecule is CC(NC(=O)Nc1cccc(F)c1)Oc1ccc(O)cc1. The van der Waals surface area contributed by atoms with Crippen LogP contribution in [0.4, 0.5) is 14.9 Å². The van der Waals surface area contributed by atoms with Crippen LogP contribution in [0.2, 0.25) is 0 Å². The number of halogens is 1. The molecular weight excluding hydrogens is 275 g/mol. The molecule has 6 heteroatoms. The summed E-state index contributed by atoms with van der Waals surface area (Å²) in [6.45, 7) is 1.65. The Kier molecular flexibility index (Phi) is 4.61. The number of hydrogen-bond donors (Lipinski definition) is 3. The second-order valence-electron chi connectivity index (χ2n) is 4.36. The van der Waals surface area contributed by atoms with Gasteiger partial charge in [-0.2, -0.15) is 0 Å². The van der Waals surface area contributed by atoms with Crippen LogP contribution in [0, 0.1) is 5.82 Å². The third-order valence-corrected chi connectivity index (χ3v) is 2.57. The number of benzene rings is 2. The van der Waals surface area contributed by atoms with Crippen molar-refractivity contribution in [1.29, 1.82) is 0 Å². The number of anilines is 1. The first-order chi connectivity index (χ1) is 10.0. The van der Waals surface area contributed by atoms with Crippen LogP contribution in [-0.2, 0) is 0 Å². The molecule has 0 spiro atoms. The first kappa shape index (κ1) is 14.6. The van der Waals surface area contributed by atoms with Crippen molar-refractivity contribution in [3.63, 3.8) is 0 Å². The molecule has 0 aliphatic carbocycles. The van der Waals surface area contributed by atoms with Gasteiger partial charge in [-0.05, 0) is 49.4 Å². The summed E-state index contributed by atoms with van der Waals surface area (Å²) < 4.78 is 18.4. The maximum Gasteiger partial charge on any atom is 0.322 e. The van der Waals surface area contributed by atoms with Gasteiger partial charge in [-0.15, -0.1) is 0 Å². The minimum Gasteiger partial charge on any atom is -0.508 e. The standard InChI is InChI=1S/C15H15FN2O3/c1-10(21-14-7-5-13(19)6-8-14)17-15(20)18-12-4-2-3-11(16)9-12/h2-10,19H,1H3,(H2,17,18,20). The van der Waals surface area contributed by atoms with Gasteiger partial charge in [0, 0.05) is 5.69 Å². The molecule has 0 radical (unpaired) electrons. The van der Waals surface area contributed by atoms with E-state index in [1.54, 1.807) is 25.1 Å². The summed E-state index contributed by atoms with van der Waals surface area (Å²) in [6, 6.07) is 11.2. The maximum atomic E-state index is 13.0. The van der Waals surface area contributed by atoms with Gasteiger partial charge in [-0.25, -0.2) is 9.18 Å². The molecule has 110 valence electrons. The van der Waals surface area contributed by atoms with Crippen molar-refractivity contribution >= 4 is 11.7 Å². The lowest BCUT2D eigenvalue weighted by atomic mass is 10.3. The first-order valence-electron chi connectivity index (χ1n) is 6.32. The van der Waals surface area contributed by atoms with Gasteiger partial charge in [0.1, 0.15) is 17.3 Å². The summed E-state index contributed by atoms with van der Waals surface area (Å²) in [4.78, 5) is 11.7. The van der Waals surface area contributed by atoms with Crippen molar-refractivity contribution < 1.29 is 19.0 Å². The quantitative estimate of drug-likeness (QED) is 0.758. The fraction of sp³-hybridized carbons (Fsp3) is 0.133. The number of phenolic OH excluding ortho intramolecular Hbond substituents is 1. The van der Waals surface area contributed by atoms with E-state index >= 15 is 0 Å². The van der Waals surface area contributed by atoms with Gasteiger partial charge >= 0.3 is 6.03 Å². The van der Waals surface area contributed by atoms with E-state index in [4.69, 9.17) is 9.84 Å². The molecule has 0 saturated heterocycles. The molecule has 0 fully saturated rings. The fourth-order valence-electron chi connectivity index (χ4n) is 1.68. The highest BCUT2D eigenvalue weighted by molar-refractivity contribution is 5.89. The zero-order valence-electron chi connectivity index (χ0n) is 11.3. The van der Waals surface area contributed by atoms with Gasteiger partial charge in [0.2, 0.25) is 0 Å². The smallest absolute Gasteiger partial charge is 0.322 e. The minimum absolute atomic E-state index is 0.131. The number of carbonyl (C=O) groups excluding carboxylic acids is 1. The Morgan fingerprint density at radius 1 is 1.24 bits per heavy atom. The number of amides is 2. The van der Waals surface area contributed by atoms with Crippen LogP contribution in [0.1, 0.15) is 6.92 Å². The molecule has 2 aromatic rings. The highest BCUT2D eigenvalue weighted by Crippen LogP contribution is 2.16. The van der Waals surface area contributed by atoms with Gasteiger partial charge in [0.25, 0.3) is 0 Å². The predicted octanol–water partition coefficient (Wildman–Crippen LogP) is 3.08. The van der Waals surface area contributed by atoms with E-state index in [0.29, 0.717) is 11.4 Å². The monoisotopic (exact) mass is 290 g/mol. The van der Waals surface area contributed by atoms with Gasteiger partial charge in [-0.3, -0.25) is 0 Å². The summed E-state index contributed by atoms with van der Waals surface area (Å²) in [5.74, 6) is 0.208. The molecule has 2 rings (SSSR count). The molecule has 0 saturated carbocycles. The fourth-order valence-corrected chi connectivity index (χ4v) is 1.68. The number of urea groups is 1. The van der Waals surface area contributed by atoms with Crippen LogP contribution in [0.25, 0.3) is 0 Å². The lowest BCUT2D eigenvalue weighted by molar-refractivity contribution is 0.183. The van der Waals surface area contributed by atoms with Gasteiger partial charge in [0.15, 0.2) is 6.23 Å². The summed E-state index contributed by atoms with van der Waals surface area (Å²) >= 11 is 0. The lowest BCUT2D eigenvalue weighted by Gasteiger charge is -2.16. The Balaban J connectivity index is 1.86. The molecule has 0 heterocycles. The van der Waals surface area contributed by atoms with Crippen molar-refractivity contribution in [3.8, 4) is 11.5 Å². The van der Waals surface area contributed by atoms with Crippen LogP contribution < -0.4 is 15.4 Å². The van der Waals surface area contributed by atoms with Crippen LogP contribution >= 0.6 is 0 Å². The van der Waals surface area contributed by atoms with Crippen molar-refractivity contribution in [3.05, 3.63) is 54.3 Å². The zero-order valence-corrected chi connectivity index (χ0v) is 11.3. The molecule has 3 N–H and O–H groups in total. The topological polar surface area (TPSA) is 70.6 Å². The second kappa shape index (κ2) is 6.60. The van der Waals surface area contributed by atoms with Crippen LogP contribution in [0.15, 0.2) is 48.5 Å². The molecule has 0 bridgehead atoms. The molecular formula is C15H15FN2O3. The number of phenols is 1. The Morgan fingerprint density at radius 3 is 2.62 bits per heavy atom. The normalized spacial score (nSPS) is 11.5. The van der Waals surface area contributed by atoms with E-state index in [9.17, 15) is 9.18 Å². The third kappa shape index (κ3) is 4.68. The molecule has 21 heavy (non-hydrogen) atoms. The predicted molar refractivity (Wildman–Crippen MR) is 76.8 cm³/mol. The molecule has 1 atom stereocenters. The molecule has 2 aromatic carbocycles. The number of carbonyl (C=O) groups is 1. The average Bonchev–Trinajstić information content (AvgIpc) is 2.41. The summed E-state index contributed by atoms with van der Waals surface area (Å²) in [6.07, 6.45) is -0.594. The molecule has 5 nitrogen and oxygen atoms in total. The summed E-state index contributed by atoms with van der Waals surface area (Å²) in [5.41, 5.74) is 0.351. The third-order valence-electron chi connectivity index (χ3n) is 2.57. The molecule has 1 unspecified atom stereocenters. The number of rotatable bonds is 4. The van der Waals surface area contributed by atoms with Crippen LogP contribution in [-0.4, -0.2) is 17.4 Å². The van der Waals surface area contributed by atoms with Crippen molar-refractivity contribution in [2.75, 3.05) is 5.32 Å². The van der Waals surface area contributed by atoms with E-state index in [-0.39, 0.29) is 5.75 Å². The summed E-state index contributed by atoms with van der Waals surface area (Å²) in [7, 11) is 0. The Labute approximate surface area is 121 Å². The van der Waals surface area contributed by atoms with E-state index < -0.39 is 18.1 Å². The van der Waals surface area contributed by atoms with E-state index in [2.05, 4.69) is 10.6 Å². The van der Waals surface area contributed by atoms with Gasteiger partial charge < -0.3 is 20.5 Å². The van der Waals surface area contributed by atoms with Crippen molar-refractivity contribution in [1.82, 2.24) is 5.32 Å². The van der Waals surface area contributed by atoms with Crippen LogP contribution in [0.5, 0.6) is 11.5 Å². The lowest BCUT2D eigenvalue weighted by Crippen LogP contribution is -2.39. The number of ether oxygens (including phenoxy) is 1. The molecule has 2 amide bonds. The zero-order chi connectivity index (χ0) is 15.2. The van der Waals surface area contributed by atoms with Gasteiger partial charge in [0.05, 0.1) is 0 Å². The second-order valence-corrected chi connectivity index (χ2v) is 4.36. The van der Waals surface area contributed by atoms with Crippen LogP contribution in [0.3, 0.4) is 0 Å². The summed E-state index contributed by atoms with van der Waals surface area (Å²) in [5, 5.41) is 14.2. The number of nitrogens with one attached hydrogen (secondary N) is 2. The number of aromatic hydroxyl groups is 1. The minimum atomic E-state index is -0.594. The molecule has 0 aromatic heterocycles. The molecule has 0 aliphatic heterocycles. The Bertz CT molecular complexity index is 617. The molecule has 0 aliphatic rings.